The van der Waals surface area contributed by atoms with E-state index in [1.807, 2.05) is 0 Å². The summed E-state index contributed by atoms with van der Waals surface area (Å²) < 4.78 is 488. The number of hydrogen-bond acceptors (Lipinski definition) is 6. The van der Waals surface area contributed by atoms with Crippen molar-refractivity contribution in [2.24, 2.45) is 0 Å². The third-order valence-corrected chi connectivity index (χ3v) is 7.78. The van der Waals surface area contributed by atoms with E-state index in [9.17, 15) is 175 Å². The van der Waals surface area contributed by atoms with Gasteiger partial charge in [-0.1, -0.05) is 0 Å². The second kappa shape index (κ2) is 15.1. The van der Waals surface area contributed by atoms with E-state index >= 15 is 0 Å². The molecule has 0 fully saturated rings. The first-order chi connectivity index (χ1) is 24.0. The van der Waals surface area contributed by atoms with Crippen molar-refractivity contribution in [2.75, 3.05) is 0 Å². The first-order valence-electron chi connectivity index (χ1n) is 11.3. The van der Waals surface area contributed by atoms with Crippen molar-refractivity contribution in [1.82, 2.24) is 0 Å². The van der Waals surface area contributed by atoms with Crippen LogP contribution in [0.25, 0.3) is 0 Å². The molecule has 0 saturated heterocycles. The van der Waals surface area contributed by atoms with E-state index in [0.29, 0.717) is 0 Å². The van der Waals surface area contributed by atoms with Crippen molar-refractivity contribution in [3.05, 3.63) is 0 Å². The summed E-state index contributed by atoms with van der Waals surface area (Å²) in [6.07, 6.45) is -15.8. The fourth-order valence-corrected chi connectivity index (χ4v) is 3.50. The molecule has 0 radical (unpaired) electrons. The quantitative estimate of drug-likeness (QED) is 0.0976. The largest absolute Gasteiger partial charge is 2.00 e. The maximum absolute atomic E-state index is 13.0. The molecule has 0 aliphatic heterocycles. The Labute approximate surface area is 309 Å². The van der Waals surface area contributed by atoms with E-state index in [0.717, 1.165) is 0 Å². The molecule has 0 heterocycles. The monoisotopic (exact) mass is 1060 g/mol. The topological polar surface area (TPSA) is 114 Å². The number of alkyl halides is 34. The van der Waals surface area contributed by atoms with Crippen LogP contribution in [0.5, 0.6) is 0 Å². The smallest absolute Gasteiger partial charge is 0.743 e. The third kappa shape index (κ3) is 8.12. The Hall–Kier alpha value is -1.94. The number of rotatable bonds is 14. The van der Waals surface area contributed by atoms with Crippen LogP contribution >= 0.6 is 0 Å². The van der Waals surface area contributed by atoms with E-state index in [2.05, 4.69) is 0 Å². The predicted octanol–water partition coefficient (Wildman–Crippen LogP) is 8.99. The molecule has 0 spiro atoms. The van der Waals surface area contributed by atoms with Crippen molar-refractivity contribution in [3.8, 4) is 0 Å². The summed E-state index contributed by atoms with van der Waals surface area (Å²) in [5.41, 5.74) is 0. The van der Waals surface area contributed by atoms with Gasteiger partial charge in [-0.2, -0.15) is 149 Å². The molecule has 0 aromatic carbocycles. The molecule has 0 aromatic rings. The van der Waals surface area contributed by atoms with Gasteiger partial charge in [-0.3, -0.25) is 0 Å². The summed E-state index contributed by atoms with van der Waals surface area (Å²) >= 11 is 0. The van der Waals surface area contributed by atoms with Crippen LogP contribution in [0.1, 0.15) is 0 Å². The SMILES string of the molecule is O=S(=O)([O-])C(F)(F)C(F)(F)C(F)(F)C(F)(F)C(F)(F)C(F)(F)C(F)(F)C(F)(F)F.O=S(=O)([O-])C(F)(F)C(F)(F)C(F)(F)C(F)(F)C(F)(F)C(F)(F)C(F)(F)C(F)(F)F.[Zn+2]. The summed E-state index contributed by atoms with van der Waals surface area (Å²) in [5.74, 6) is -104. The van der Waals surface area contributed by atoms with Crippen LogP contribution in [0.15, 0.2) is 0 Å². The van der Waals surface area contributed by atoms with Gasteiger partial charge in [0.25, 0.3) is 0 Å². The molecule has 0 aliphatic rings. The van der Waals surface area contributed by atoms with Crippen molar-refractivity contribution in [3.63, 3.8) is 0 Å². The van der Waals surface area contributed by atoms with E-state index in [1.54, 1.807) is 0 Å². The van der Waals surface area contributed by atoms with Gasteiger partial charge in [-0.15, -0.1) is 0 Å². The average Bonchev–Trinajstić information content (AvgIpc) is 2.93. The normalized spacial score (nSPS) is 16.6. The Kier molecular flexibility index (Phi) is 15.7. The van der Waals surface area contributed by atoms with Gasteiger partial charge in [0.15, 0.2) is 20.2 Å². The van der Waals surface area contributed by atoms with Crippen LogP contribution < -0.4 is 0 Å². The van der Waals surface area contributed by atoms with Gasteiger partial charge in [0, 0.05) is 0 Å². The standard InChI is InChI=1S/2C8HF17O3S.Zn/c2*9-1(10,3(13,14)5(17,18)7(21,22)23)2(11,12)4(15,16)6(19,20)8(24,25)29(26,27)28;/h2*(H,26,27,28);/q;;+2/p-2. The van der Waals surface area contributed by atoms with E-state index in [-0.39, 0.29) is 19.5 Å². The summed E-state index contributed by atoms with van der Waals surface area (Å²) in [4.78, 5) is 0. The molecule has 0 atom stereocenters. The fourth-order valence-electron chi connectivity index (χ4n) is 2.61. The Morgan fingerprint density at radius 3 is 0.424 bits per heavy atom. The Balaban J connectivity index is -0.00000105. The zero-order valence-electron chi connectivity index (χ0n) is 24.8. The van der Waals surface area contributed by atoms with Gasteiger partial charge in [0.05, 0.1) is 0 Å². The van der Waals surface area contributed by atoms with Crippen LogP contribution in [-0.2, 0) is 39.7 Å². The maximum atomic E-state index is 13.0. The third-order valence-electron chi connectivity index (χ3n) is 6.01. The van der Waals surface area contributed by atoms with Crippen LogP contribution in [0.4, 0.5) is 149 Å². The molecule has 0 aliphatic carbocycles. The van der Waals surface area contributed by atoms with Crippen LogP contribution in [0.3, 0.4) is 0 Å². The fraction of sp³-hybridized carbons (Fsp3) is 1.00. The molecule has 6 nitrogen and oxygen atoms in total. The van der Waals surface area contributed by atoms with Gasteiger partial charge in [0.2, 0.25) is 0 Å². The summed E-state index contributed by atoms with van der Waals surface area (Å²) in [7, 11) is -16.3. The molecule has 0 N–H and O–H groups in total. The van der Waals surface area contributed by atoms with Crippen molar-refractivity contribution in [2.45, 2.75) is 93.9 Å². The zero-order chi connectivity index (χ0) is 49.0. The summed E-state index contributed by atoms with van der Waals surface area (Å²) in [6.45, 7) is 0. The first-order valence-corrected chi connectivity index (χ1v) is 14.2. The Morgan fingerprint density at radius 1 is 0.220 bits per heavy atom. The predicted molar refractivity (Wildman–Crippen MR) is 101 cm³/mol. The Bertz CT molecular complexity index is 1600. The molecular weight excluding hydrogens is 1060 g/mol. The van der Waals surface area contributed by atoms with E-state index in [1.165, 1.54) is 0 Å². The van der Waals surface area contributed by atoms with Crippen molar-refractivity contribution in [1.29, 1.82) is 0 Å². The van der Waals surface area contributed by atoms with Crippen LogP contribution in [-0.4, -0.2) is 120 Å². The minimum atomic E-state index is -8.92. The number of hydrogen-bond donors (Lipinski definition) is 0. The second-order valence-corrected chi connectivity index (χ2v) is 12.7. The summed E-state index contributed by atoms with van der Waals surface area (Å²) in [5, 5.41) is -15.9. The van der Waals surface area contributed by atoms with Crippen LogP contribution in [0.2, 0.25) is 0 Å². The Morgan fingerprint density at radius 2 is 0.322 bits per heavy atom. The average molecular weight is 1060 g/mol. The first kappa shape index (κ1) is 61.4. The second-order valence-electron chi connectivity index (χ2n) is 9.83. The molecule has 59 heavy (non-hydrogen) atoms. The van der Waals surface area contributed by atoms with Crippen LogP contribution in [0, 0.1) is 0 Å². The van der Waals surface area contributed by atoms with Gasteiger partial charge < -0.3 is 9.11 Å². The maximum Gasteiger partial charge on any atom is 2.00 e. The van der Waals surface area contributed by atoms with Gasteiger partial charge in [-0.05, 0) is 0 Å². The minimum absolute atomic E-state index is 0. The molecule has 0 unspecified atom stereocenters. The summed E-state index contributed by atoms with van der Waals surface area (Å²) in [6, 6.07) is 0. The van der Waals surface area contributed by atoms with Gasteiger partial charge in [0.1, 0.15) is 0 Å². The molecule has 352 valence electrons. The van der Waals surface area contributed by atoms with E-state index in [4.69, 9.17) is 0 Å². The van der Waals surface area contributed by atoms with Crippen molar-refractivity contribution < 1.29 is 195 Å². The molecule has 0 amide bonds. The van der Waals surface area contributed by atoms with Gasteiger partial charge >= 0.3 is 113 Å². The van der Waals surface area contributed by atoms with E-state index < -0.39 is 114 Å². The molecule has 0 saturated carbocycles. The zero-order valence-corrected chi connectivity index (χ0v) is 29.4. The van der Waals surface area contributed by atoms with Gasteiger partial charge in [-0.25, -0.2) is 16.8 Å². The number of halogens is 34. The molecule has 0 aromatic heterocycles. The molecule has 43 heteroatoms. The minimum Gasteiger partial charge on any atom is -0.743 e. The van der Waals surface area contributed by atoms with Crippen molar-refractivity contribution >= 4 is 20.2 Å². The molecule has 0 bridgehead atoms. The molecule has 0 rings (SSSR count). The molecular formula is C16F34O6S2Zn.